The number of aromatic nitrogens is 4. The van der Waals surface area contributed by atoms with Crippen molar-refractivity contribution in [2.24, 2.45) is 0 Å². The summed E-state index contributed by atoms with van der Waals surface area (Å²) in [6, 6.07) is 66.8. The van der Waals surface area contributed by atoms with Gasteiger partial charge in [-0.05, 0) is 133 Å². The zero-order valence-electron chi connectivity index (χ0n) is 53.3. The predicted molar refractivity (Wildman–Crippen MR) is 359 cm³/mol. The van der Waals surface area contributed by atoms with Crippen molar-refractivity contribution in [1.82, 2.24) is 19.1 Å². The monoisotopic (exact) mass is 1330 g/mol. The van der Waals surface area contributed by atoms with Crippen LogP contribution in [0.5, 0.6) is 17.2 Å². The number of imidazole rings is 2. The Morgan fingerprint density at radius 2 is 1.02 bits per heavy atom. The van der Waals surface area contributed by atoms with E-state index in [9.17, 15) is 5.11 Å². The van der Waals surface area contributed by atoms with Gasteiger partial charge in [0, 0.05) is 43.3 Å². The first-order valence-electron chi connectivity index (χ1n) is 30.6. The number of rotatable bonds is 10. The molecule has 2 aromatic heterocycles. The summed E-state index contributed by atoms with van der Waals surface area (Å²) in [5, 5.41) is 13.0. The van der Waals surface area contributed by atoms with Gasteiger partial charge in [0.2, 0.25) is 0 Å². The molecule has 0 spiro atoms. The van der Waals surface area contributed by atoms with Crippen molar-refractivity contribution in [2.75, 3.05) is 0 Å². The van der Waals surface area contributed by atoms with E-state index < -0.39 is 7.12 Å². The molecule has 0 radical (unpaired) electrons. The van der Waals surface area contributed by atoms with Crippen molar-refractivity contribution in [3.05, 3.63) is 215 Å². The van der Waals surface area contributed by atoms with E-state index in [2.05, 4.69) is 278 Å². The minimum atomic E-state index is -0.638. The molecule has 87 heavy (non-hydrogen) atoms. The number of hydrogen-bond donors (Lipinski definition) is 1. The van der Waals surface area contributed by atoms with Crippen LogP contribution in [0.3, 0.4) is 0 Å². The molecule has 0 saturated heterocycles. The van der Waals surface area contributed by atoms with Gasteiger partial charge in [0.25, 0.3) is 0 Å². The van der Waals surface area contributed by atoms with Crippen molar-refractivity contribution in [2.45, 2.75) is 144 Å². The van der Waals surface area contributed by atoms with Crippen LogP contribution >= 0.6 is 0 Å². The summed E-state index contributed by atoms with van der Waals surface area (Å²) in [5.41, 5.74) is 20.1. The van der Waals surface area contributed by atoms with Crippen LogP contribution < -0.4 is 14.8 Å². The minimum absolute atomic E-state index is 0. The Labute approximate surface area is 530 Å². The molecule has 1 N–H and O–H groups in total. The molecule has 0 fully saturated rings. The van der Waals surface area contributed by atoms with E-state index in [1.165, 1.54) is 27.8 Å². The SMILES string of the molecule is CC(C)c1cc(-c2ccccc2)cc(C(C)C)c1-n1c(-c2cc(C(C)(C)C)cc(C(C)(C)C)c2O)nc2c(-c3[c-]c(-c4nc5ccc(B6Oc7ccccc7O6)cc5n4-c4ccc(C(C)(C)C)cc4-c4ccccc4)cc(C(C)(C)C)c3)cccc21.[Pt]. The average molecular weight is 1330 g/mol. The summed E-state index contributed by atoms with van der Waals surface area (Å²) in [4.78, 5) is 11.5. The number of phenols is 1. The first-order valence-corrected chi connectivity index (χ1v) is 30.6. The van der Waals surface area contributed by atoms with Gasteiger partial charge in [0.05, 0.1) is 39.1 Å². The van der Waals surface area contributed by atoms with E-state index in [1.807, 2.05) is 24.3 Å². The maximum Gasteiger partial charge on any atom is 0.632 e. The van der Waals surface area contributed by atoms with E-state index in [0.29, 0.717) is 11.4 Å². The second-order valence-electron chi connectivity index (χ2n) is 28.4. The molecular formula is C78H80BN4O3Pt-. The van der Waals surface area contributed by atoms with Gasteiger partial charge in [-0.15, -0.1) is 29.3 Å². The number of para-hydroxylation sites is 3. The maximum absolute atomic E-state index is 13.0. The third kappa shape index (κ3) is 11.4. The molecule has 0 saturated carbocycles. The Bertz CT molecular complexity index is 4360. The van der Waals surface area contributed by atoms with E-state index in [0.717, 1.165) is 101 Å². The maximum atomic E-state index is 13.0. The van der Waals surface area contributed by atoms with Crippen molar-refractivity contribution >= 4 is 34.6 Å². The smallest absolute Gasteiger partial charge is 0.519 e. The Hall–Kier alpha value is -7.93. The second-order valence-corrected chi connectivity index (χ2v) is 28.4. The molecule has 9 aromatic carbocycles. The van der Waals surface area contributed by atoms with Crippen LogP contribution in [0.2, 0.25) is 0 Å². The number of aromatic hydroxyl groups is 1. The van der Waals surface area contributed by atoms with Crippen LogP contribution in [0.25, 0.3) is 89.6 Å². The molecule has 0 atom stereocenters. The second kappa shape index (κ2) is 22.7. The van der Waals surface area contributed by atoms with E-state index in [1.54, 1.807) is 0 Å². The molecule has 7 nitrogen and oxygen atoms in total. The third-order valence-electron chi connectivity index (χ3n) is 17.2. The van der Waals surface area contributed by atoms with Gasteiger partial charge < -0.3 is 19.0 Å². The normalized spacial score (nSPS) is 12.9. The fourth-order valence-electron chi connectivity index (χ4n) is 12.2. The van der Waals surface area contributed by atoms with Gasteiger partial charge >= 0.3 is 7.12 Å². The first kappa shape index (κ1) is 60.7. The van der Waals surface area contributed by atoms with Crippen molar-refractivity contribution < 1.29 is 35.5 Å². The molecule has 1 aliphatic heterocycles. The van der Waals surface area contributed by atoms with Gasteiger partial charge in [-0.3, -0.25) is 9.55 Å². The fraction of sp³-hybridized carbons (Fsp3) is 0.282. The number of benzene rings is 9. The van der Waals surface area contributed by atoms with Crippen LogP contribution in [0.15, 0.2) is 176 Å². The van der Waals surface area contributed by atoms with Crippen molar-refractivity contribution in [3.8, 4) is 84.8 Å². The Morgan fingerprint density at radius 1 is 0.460 bits per heavy atom. The van der Waals surface area contributed by atoms with Crippen molar-refractivity contribution in [3.63, 3.8) is 0 Å². The summed E-state index contributed by atoms with van der Waals surface area (Å²) < 4.78 is 17.6. The van der Waals surface area contributed by atoms with Crippen LogP contribution in [0.4, 0.5) is 0 Å². The van der Waals surface area contributed by atoms with Crippen LogP contribution in [0, 0.1) is 6.07 Å². The summed E-state index contributed by atoms with van der Waals surface area (Å²) >= 11 is 0. The number of nitrogens with zero attached hydrogens (tertiary/aromatic N) is 4. The molecular weight excluding hydrogens is 1250 g/mol. The largest absolute Gasteiger partial charge is 0.632 e. The minimum Gasteiger partial charge on any atom is -0.519 e. The molecule has 9 heteroatoms. The average Bonchev–Trinajstić information content (AvgIpc) is 1.71. The van der Waals surface area contributed by atoms with Gasteiger partial charge in [-0.1, -0.05) is 225 Å². The van der Waals surface area contributed by atoms with E-state index in [4.69, 9.17) is 19.3 Å². The van der Waals surface area contributed by atoms with Gasteiger partial charge in [-0.25, -0.2) is 4.98 Å². The number of phenolic OH excluding ortho intramolecular Hbond substituents is 1. The number of hydrogen-bond acceptors (Lipinski definition) is 5. The summed E-state index contributed by atoms with van der Waals surface area (Å²) in [6.07, 6.45) is 0. The van der Waals surface area contributed by atoms with Crippen molar-refractivity contribution in [1.29, 1.82) is 0 Å². The third-order valence-corrected chi connectivity index (χ3v) is 17.2. The molecule has 12 rings (SSSR count). The molecule has 11 aromatic rings. The quantitative estimate of drug-likeness (QED) is 0.109. The van der Waals surface area contributed by atoms with Gasteiger partial charge in [0.1, 0.15) is 23.1 Å². The molecule has 3 heterocycles. The van der Waals surface area contributed by atoms with Gasteiger partial charge in [-0.2, -0.15) is 0 Å². The zero-order chi connectivity index (χ0) is 60.9. The summed E-state index contributed by atoms with van der Waals surface area (Å²) in [7, 11) is -0.638. The molecule has 444 valence electrons. The first-order chi connectivity index (χ1) is 40.7. The standard InChI is InChI=1S/C78H80BN4O3.Pt/c1-47(2)59-41-51(49-26-19-17-20-27-49)42-60(48(3)4)71(59)83-66-31-25-30-58(70(66)81-74(83)62-44-56(77(11,12)13)45-63(72(62)84)78(14,15)16)52-38-53(40-55(39-52)76(8,9)10)73-80-64-36-35-57(79-85-68-32-23-24-33-69(68)86-79)46-67(64)82(73)65-37-34-54(75(5,6)7)43-61(65)50-28-21-18-22-29-50;/h17-37,39-48,84H,1-16H3;/q-1;. The Kier molecular flexibility index (Phi) is 15.8. The Balaban J connectivity index is 0.00000784. The summed E-state index contributed by atoms with van der Waals surface area (Å²) in [6.45, 7) is 36.1. The topological polar surface area (TPSA) is 74.3 Å². The molecule has 0 unspecified atom stereocenters. The Morgan fingerprint density at radius 3 is 1.61 bits per heavy atom. The van der Waals surface area contributed by atoms with E-state index in [-0.39, 0.29) is 60.3 Å². The summed E-state index contributed by atoms with van der Waals surface area (Å²) in [5.74, 6) is 3.39. The zero-order valence-corrected chi connectivity index (χ0v) is 55.6. The number of fused-ring (bicyclic) bond motifs is 3. The molecule has 0 amide bonds. The fourth-order valence-corrected chi connectivity index (χ4v) is 12.2. The molecule has 1 aliphatic rings. The van der Waals surface area contributed by atoms with Gasteiger partial charge in [0.15, 0.2) is 0 Å². The molecule has 0 bridgehead atoms. The predicted octanol–water partition coefficient (Wildman–Crippen LogP) is 19.8. The van der Waals surface area contributed by atoms with Crippen LogP contribution in [-0.2, 0) is 42.7 Å². The van der Waals surface area contributed by atoms with Crippen LogP contribution in [0.1, 0.15) is 156 Å². The molecule has 0 aliphatic carbocycles. The van der Waals surface area contributed by atoms with Crippen LogP contribution in [-0.4, -0.2) is 31.3 Å². The van der Waals surface area contributed by atoms with E-state index >= 15 is 0 Å².